The molecule has 1 heterocycles. The fraction of sp³-hybridized carbons (Fsp3) is 0.308. The molecule has 0 saturated carbocycles. The predicted molar refractivity (Wildman–Crippen MR) is 76.5 cm³/mol. The van der Waals surface area contributed by atoms with Gasteiger partial charge in [-0.1, -0.05) is 6.07 Å². The van der Waals surface area contributed by atoms with E-state index in [0.29, 0.717) is 17.2 Å². The molecule has 0 atom stereocenters. The van der Waals surface area contributed by atoms with Gasteiger partial charge in [-0.15, -0.1) is 11.3 Å². The Balaban J connectivity index is 2.63. The summed E-state index contributed by atoms with van der Waals surface area (Å²) in [7, 11) is 3.91. The zero-order valence-electron chi connectivity index (χ0n) is 10.7. The molecule has 96 valence electrons. The van der Waals surface area contributed by atoms with E-state index in [2.05, 4.69) is 0 Å². The van der Waals surface area contributed by atoms with E-state index >= 15 is 0 Å². The van der Waals surface area contributed by atoms with Gasteiger partial charge in [0.25, 0.3) is 0 Å². The van der Waals surface area contributed by atoms with Gasteiger partial charge < -0.3 is 15.4 Å². The van der Waals surface area contributed by atoms with E-state index in [9.17, 15) is 4.79 Å². The van der Waals surface area contributed by atoms with Crippen LogP contribution in [-0.2, 0) is 4.74 Å². The fourth-order valence-corrected chi connectivity index (χ4v) is 2.91. The number of carbonyl (C=O) groups excluding carboxylic acids is 1. The van der Waals surface area contributed by atoms with Crippen molar-refractivity contribution in [3.05, 3.63) is 23.1 Å². The third kappa shape index (κ3) is 2.01. The van der Waals surface area contributed by atoms with Crippen molar-refractivity contribution in [1.29, 1.82) is 0 Å². The maximum Gasteiger partial charge on any atom is 0.350 e. The maximum atomic E-state index is 11.8. The molecule has 18 heavy (non-hydrogen) atoms. The Kier molecular flexibility index (Phi) is 3.43. The summed E-state index contributed by atoms with van der Waals surface area (Å²) in [6, 6.07) is 5.91. The van der Waals surface area contributed by atoms with Gasteiger partial charge in [0, 0.05) is 29.9 Å². The topological polar surface area (TPSA) is 55.6 Å². The lowest BCUT2D eigenvalue weighted by molar-refractivity contribution is 0.0533. The molecule has 0 unspecified atom stereocenters. The van der Waals surface area contributed by atoms with Crippen LogP contribution in [0.15, 0.2) is 18.2 Å². The van der Waals surface area contributed by atoms with Crippen LogP contribution in [0.2, 0.25) is 0 Å². The maximum absolute atomic E-state index is 11.8. The average Bonchev–Trinajstić information content (AvgIpc) is 2.67. The number of esters is 1. The zero-order chi connectivity index (χ0) is 13.3. The van der Waals surface area contributed by atoms with Gasteiger partial charge >= 0.3 is 5.97 Å². The normalized spacial score (nSPS) is 10.6. The first-order valence-corrected chi connectivity index (χ1v) is 6.53. The minimum atomic E-state index is -0.346. The molecule has 0 radical (unpaired) electrons. The Labute approximate surface area is 110 Å². The molecule has 2 N–H and O–H groups in total. The van der Waals surface area contributed by atoms with Crippen LogP contribution in [0.25, 0.3) is 10.1 Å². The Morgan fingerprint density at radius 2 is 2.17 bits per heavy atom. The quantitative estimate of drug-likeness (QED) is 0.866. The molecule has 1 aromatic heterocycles. The summed E-state index contributed by atoms with van der Waals surface area (Å²) < 4.78 is 6.02. The first-order chi connectivity index (χ1) is 8.56. The van der Waals surface area contributed by atoms with Gasteiger partial charge in [-0.25, -0.2) is 4.79 Å². The monoisotopic (exact) mass is 264 g/mol. The predicted octanol–water partition coefficient (Wildman–Crippen LogP) is 2.73. The van der Waals surface area contributed by atoms with Crippen molar-refractivity contribution < 1.29 is 9.53 Å². The highest BCUT2D eigenvalue weighted by atomic mass is 32.1. The van der Waals surface area contributed by atoms with E-state index in [4.69, 9.17) is 10.5 Å². The number of nitrogens with zero attached hydrogens (tertiary/aromatic N) is 1. The van der Waals surface area contributed by atoms with Crippen LogP contribution in [0, 0.1) is 0 Å². The third-order valence-corrected chi connectivity index (χ3v) is 3.82. The Morgan fingerprint density at radius 1 is 1.44 bits per heavy atom. The summed E-state index contributed by atoms with van der Waals surface area (Å²) in [5.41, 5.74) is 7.61. The smallest absolute Gasteiger partial charge is 0.350 e. The number of nitrogen functional groups attached to an aromatic ring is 1. The van der Waals surface area contributed by atoms with Gasteiger partial charge in [-0.05, 0) is 19.1 Å². The number of hydrogen-bond donors (Lipinski definition) is 1. The van der Waals surface area contributed by atoms with E-state index < -0.39 is 0 Å². The Morgan fingerprint density at radius 3 is 2.78 bits per heavy atom. The number of carbonyl (C=O) groups is 1. The number of anilines is 2. The summed E-state index contributed by atoms with van der Waals surface area (Å²) >= 11 is 1.38. The SMILES string of the molecule is CCOC(=O)c1sc2cccc(N(C)C)c2c1N. The van der Waals surface area contributed by atoms with Gasteiger partial charge in [0.15, 0.2) is 0 Å². The molecule has 0 aliphatic carbocycles. The van der Waals surface area contributed by atoms with Crippen LogP contribution < -0.4 is 10.6 Å². The number of thiophene rings is 1. The summed E-state index contributed by atoms with van der Waals surface area (Å²) in [5, 5.41) is 0.926. The van der Waals surface area contributed by atoms with Gasteiger partial charge in [-0.2, -0.15) is 0 Å². The second-order valence-corrected chi connectivity index (χ2v) is 5.16. The van der Waals surface area contributed by atoms with Crippen molar-refractivity contribution >= 4 is 38.8 Å². The molecule has 4 nitrogen and oxygen atoms in total. The van der Waals surface area contributed by atoms with E-state index in [1.165, 1.54) is 11.3 Å². The summed E-state index contributed by atoms with van der Waals surface area (Å²) in [6.07, 6.45) is 0. The molecule has 0 aliphatic heterocycles. The molecule has 5 heteroatoms. The van der Waals surface area contributed by atoms with Crippen LogP contribution >= 0.6 is 11.3 Å². The Hall–Kier alpha value is -1.75. The molecule has 0 amide bonds. The molecular weight excluding hydrogens is 248 g/mol. The van der Waals surface area contributed by atoms with Crippen LogP contribution in [0.4, 0.5) is 11.4 Å². The van der Waals surface area contributed by atoms with E-state index in [1.807, 2.05) is 37.2 Å². The van der Waals surface area contributed by atoms with Crippen molar-refractivity contribution in [2.45, 2.75) is 6.92 Å². The van der Waals surface area contributed by atoms with Crippen LogP contribution in [0.1, 0.15) is 16.6 Å². The van der Waals surface area contributed by atoms with Gasteiger partial charge in [-0.3, -0.25) is 0 Å². The number of nitrogens with two attached hydrogens (primary N) is 1. The Bertz CT molecular complexity index is 590. The first-order valence-electron chi connectivity index (χ1n) is 5.71. The van der Waals surface area contributed by atoms with Crippen molar-refractivity contribution in [2.24, 2.45) is 0 Å². The molecule has 0 bridgehead atoms. The molecule has 2 aromatic rings. The number of benzene rings is 1. The average molecular weight is 264 g/mol. The third-order valence-electron chi connectivity index (χ3n) is 2.67. The van der Waals surface area contributed by atoms with Crippen LogP contribution in [0.5, 0.6) is 0 Å². The van der Waals surface area contributed by atoms with E-state index in [-0.39, 0.29) is 5.97 Å². The van der Waals surface area contributed by atoms with E-state index in [1.54, 1.807) is 6.92 Å². The fourth-order valence-electron chi connectivity index (χ4n) is 1.87. The molecule has 2 rings (SSSR count). The van der Waals surface area contributed by atoms with Crippen LogP contribution in [0.3, 0.4) is 0 Å². The molecule has 0 spiro atoms. The highest BCUT2D eigenvalue weighted by Gasteiger charge is 2.19. The summed E-state index contributed by atoms with van der Waals surface area (Å²) in [4.78, 5) is 14.3. The lowest BCUT2D eigenvalue weighted by Crippen LogP contribution is -2.09. The second-order valence-electron chi connectivity index (χ2n) is 4.11. The molecule has 1 aromatic carbocycles. The van der Waals surface area contributed by atoms with Crippen LogP contribution in [-0.4, -0.2) is 26.7 Å². The molecule has 0 saturated heterocycles. The molecule has 0 fully saturated rings. The number of hydrogen-bond acceptors (Lipinski definition) is 5. The van der Waals surface area contributed by atoms with Gasteiger partial charge in [0.1, 0.15) is 4.88 Å². The molecular formula is C13H16N2O2S. The second kappa shape index (κ2) is 4.86. The summed E-state index contributed by atoms with van der Waals surface area (Å²) in [6.45, 7) is 2.14. The minimum absolute atomic E-state index is 0.346. The first kappa shape index (κ1) is 12.7. The highest BCUT2D eigenvalue weighted by Crippen LogP contribution is 2.39. The van der Waals surface area contributed by atoms with Gasteiger partial charge in [0.05, 0.1) is 12.3 Å². The van der Waals surface area contributed by atoms with Crippen molar-refractivity contribution in [3.63, 3.8) is 0 Å². The number of fused-ring (bicyclic) bond motifs is 1. The standard InChI is InChI=1S/C13H16N2O2S/c1-4-17-13(16)12-11(14)10-8(15(2)3)6-5-7-9(10)18-12/h5-7H,4,14H2,1-3H3. The van der Waals surface area contributed by atoms with Crippen molar-refractivity contribution in [1.82, 2.24) is 0 Å². The highest BCUT2D eigenvalue weighted by molar-refractivity contribution is 7.21. The minimum Gasteiger partial charge on any atom is -0.462 e. The number of ether oxygens (including phenoxy) is 1. The summed E-state index contributed by atoms with van der Waals surface area (Å²) in [5.74, 6) is -0.346. The van der Waals surface area contributed by atoms with Crippen molar-refractivity contribution in [3.8, 4) is 0 Å². The largest absolute Gasteiger partial charge is 0.462 e. The zero-order valence-corrected chi connectivity index (χ0v) is 11.5. The van der Waals surface area contributed by atoms with E-state index in [0.717, 1.165) is 15.8 Å². The van der Waals surface area contributed by atoms with Crippen molar-refractivity contribution in [2.75, 3.05) is 31.3 Å². The lowest BCUT2D eigenvalue weighted by atomic mass is 10.1. The lowest BCUT2D eigenvalue weighted by Gasteiger charge is -2.14. The van der Waals surface area contributed by atoms with Gasteiger partial charge in [0.2, 0.25) is 0 Å². The number of rotatable bonds is 3. The molecule has 0 aliphatic rings.